The van der Waals surface area contributed by atoms with Gasteiger partial charge < -0.3 is 20.1 Å². The van der Waals surface area contributed by atoms with E-state index < -0.39 is 0 Å². The number of ether oxygens (including phenoxy) is 2. The number of anilines is 4. The van der Waals surface area contributed by atoms with Crippen molar-refractivity contribution in [1.82, 2.24) is 9.97 Å². The average molecular weight is 350 g/mol. The minimum atomic E-state index is 0.495. The Labute approximate surface area is 153 Å². The lowest BCUT2D eigenvalue weighted by molar-refractivity contribution is 0.342. The topological polar surface area (TPSA) is 68.3 Å². The highest BCUT2D eigenvalue weighted by molar-refractivity contribution is 5.67. The fourth-order valence-corrected chi connectivity index (χ4v) is 2.55. The van der Waals surface area contributed by atoms with Gasteiger partial charge in [-0.2, -0.15) is 4.98 Å². The van der Waals surface area contributed by atoms with Crippen molar-refractivity contribution in [2.75, 3.05) is 24.4 Å². The molecule has 0 unspecified atom stereocenters. The maximum absolute atomic E-state index is 5.65. The van der Waals surface area contributed by atoms with Gasteiger partial charge in [-0.25, -0.2) is 4.98 Å². The molecule has 0 spiro atoms. The molecule has 0 fully saturated rings. The summed E-state index contributed by atoms with van der Waals surface area (Å²) in [4.78, 5) is 9.02. The van der Waals surface area contributed by atoms with Gasteiger partial charge in [0.05, 0.1) is 25.1 Å². The van der Waals surface area contributed by atoms with Crippen molar-refractivity contribution in [3.05, 3.63) is 60.3 Å². The molecule has 0 aliphatic heterocycles. The summed E-state index contributed by atoms with van der Waals surface area (Å²) >= 11 is 0. The Morgan fingerprint density at radius 2 is 1.54 bits per heavy atom. The predicted molar refractivity (Wildman–Crippen MR) is 104 cm³/mol. The monoisotopic (exact) mass is 350 g/mol. The zero-order valence-electron chi connectivity index (χ0n) is 15.1. The van der Waals surface area contributed by atoms with Gasteiger partial charge in [0.1, 0.15) is 17.3 Å². The van der Waals surface area contributed by atoms with Gasteiger partial charge in [-0.05, 0) is 38.1 Å². The number of benzene rings is 2. The number of methoxy groups -OCH3 is 1. The molecule has 134 valence electrons. The third-order valence-electron chi connectivity index (χ3n) is 3.66. The molecular formula is C20H22N4O2. The van der Waals surface area contributed by atoms with Crippen molar-refractivity contribution in [2.45, 2.75) is 13.8 Å². The van der Waals surface area contributed by atoms with Gasteiger partial charge in [-0.1, -0.05) is 24.3 Å². The highest BCUT2D eigenvalue weighted by Gasteiger charge is 2.08. The summed E-state index contributed by atoms with van der Waals surface area (Å²) in [5, 5.41) is 6.52. The van der Waals surface area contributed by atoms with Crippen LogP contribution in [0.25, 0.3) is 0 Å². The van der Waals surface area contributed by atoms with Crippen LogP contribution in [-0.2, 0) is 0 Å². The molecule has 0 atom stereocenters. The van der Waals surface area contributed by atoms with E-state index in [-0.39, 0.29) is 0 Å². The van der Waals surface area contributed by atoms with Crippen molar-refractivity contribution in [2.24, 2.45) is 0 Å². The first kappa shape index (κ1) is 17.5. The van der Waals surface area contributed by atoms with Crippen molar-refractivity contribution in [3.8, 4) is 11.5 Å². The molecule has 3 aromatic rings. The zero-order valence-corrected chi connectivity index (χ0v) is 15.1. The van der Waals surface area contributed by atoms with Crippen LogP contribution in [0.3, 0.4) is 0 Å². The lowest BCUT2D eigenvalue weighted by atomic mass is 10.3. The second kappa shape index (κ2) is 8.20. The summed E-state index contributed by atoms with van der Waals surface area (Å²) in [7, 11) is 1.64. The molecule has 6 nitrogen and oxygen atoms in total. The van der Waals surface area contributed by atoms with Gasteiger partial charge >= 0.3 is 0 Å². The molecule has 2 aromatic carbocycles. The lowest BCUT2D eigenvalue weighted by Gasteiger charge is -2.14. The van der Waals surface area contributed by atoms with Gasteiger partial charge in [-0.15, -0.1) is 0 Å². The standard InChI is InChI=1S/C20H22N4O2/c1-4-26-18-12-8-6-10-16(18)23-20-21-14(2)13-19(24-20)22-15-9-5-7-11-17(15)25-3/h5-13H,4H2,1-3H3,(H2,21,22,23,24). The van der Waals surface area contributed by atoms with E-state index in [9.17, 15) is 0 Å². The van der Waals surface area contributed by atoms with Crippen LogP contribution in [0, 0.1) is 6.92 Å². The maximum Gasteiger partial charge on any atom is 0.229 e. The first-order chi connectivity index (χ1) is 12.7. The normalized spacial score (nSPS) is 10.3. The quantitative estimate of drug-likeness (QED) is 0.645. The Bertz CT molecular complexity index is 883. The highest BCUT2D eigenvalue weighted by Crippen LogP contribution is 2.29. The highest BCUT2D eigenvalue weighted by atomic mass is 16.5. The summed E-state index contributed by atoms with van der Waals surface area (Å²) < 4.78 is 11.0. The second-order valence-corrected chi connectivity index (χ2v) is 5.60. The molecule has 6 heteroatoms. The third-order valence-corrected chi connectivity index (χ3v) is 3.66. The van der Waals surface area contributed by atoms with E-state index in [0.717, 1.165) is 28.6 Å². The minimum Gasteiger partial charge on any atom is -0.495 e. The molecule has 0 aliphatic carbocycles. The van der Waals surface area contributed by atoms with E-state index in [1.165, 1.54) is 0 Å². The summed E-state index contributed by atoms with van der Waals surface area (Å²) in [6.07, 6.45) is 0. The van der Waals surface area contributed by atoms with Crippen LogP contribution in [0.4, 0.5) is 23.1 Å². The molecule has 0 aliphatic rings. The summed E-state index contributed by atoms with van der Waals surface area (Å²) in [5.41, 5.74) is 2.51. The number of hydrogen-bond acceptors (Lipinski definition) is 6. The number of hydrogen-bond donors (Lipinski definition) is 2. The maximum atomic E-state index is 5.65. The Balaban J connectivity index is 1.86. The van der Waals surface area contributed by atoms with E-state index in [0.29, 0.717) is 18.4 Å². The van der Waals surface area contributed by atoms with Crippen molar-refractivity contribution < 1.29 is 9.47 Å². The van der Waals surface area contributed by atoms with Gasteiger partial charge in [0, 0.05) is 11.8 Å². The van der Waals surface area contributed by atoms with E-state index in [1.54, 1.807) is 7.11 Å². The fourth-order valence-electron chi connectivity index (χ4n) is 2.55. The SMILES string of the molecule is CCOc1ccccc1Nc1nc(C)cc(Nc2ccccc2OC)n1. The molecule has 1 heterocycles. The Hall–Kier alpha value is -3.28. The third kappa shape index (κ3) is 4.22. The van der Waals surface area contributed by atoms with Crippen LogP contribution >= 0.6 is 0 Å². The Kier molecular flexibility index (Phi) is 5.53. The van der Waals surface area contributed by atoms with Gasteiger partial charge in [0.15, 0.2) is 0 Å². The molecule has 0 radical (unpaired) electrons. The average Bonchev–Trinajstić information content (AvgIpc) is 2.63. The molecule has 1 aromatic heterocycles. The lowest BCUT2D eigenvalue weighted by Crippen LogP contribution is -2.04. The first-order valence-corrected chi connectivity index (χ1v) is 8.44. The zero-order chi connectivity index (χ0) is 18.4. The Morgan fingerprint density at radius 3 is 2.23 bits per heavy atom. The number of nitrogens with one attached hydrogen (secondary N) is 2. The number of rotatable bonds is 7. The second-order valence-electron chi connectivity index (χ2n) is 5.60. The molecule has 0 saturated heterocycles. The van der Waals surface area contributed by atoms with Gasteiger partial charge in [0.25, 0.3) is 0 Å². The van der Waals surface area contributed by atoms with E-state index >= 15 is 0 Å². The summed E-state index contributed by atoms with van der Waals surface area (Å²) in [6, 6.07) is 17.3. The minimum absolute atomic E-state index is 0.495. The molecule has 0 saturated carbocycles. The predicted octanol–water partition coefficient (Wildman–Crippen LogP) is 4.68. The van der Waals surface area contributed by atoms with Crippen LogP contribution < -0.4 is 20.1 Å². The van der Waals surface area contributed by atoms with Crippen LogP contribution in [0.5, 0.6) is 11.5 Å². The van der Waals surface area contributed by atoms with Gasteiger partial charge in [-0.3, -0.25) is 0 Å². The van der Waals surface area contributed by atoms with Crippen LogP contribution in [0.1, 0.15) is 12.6 Å². The molecule has 0 bridgehead atoms. The largest absolute Gasteiger partial charge is 0.495 e. The van der Waals surface area contributed by atoms with Crippen LogP contribution in [0.2, 0.25) is 0 Å². The van der Waals surface area contributed by atoms with Crippen molar-refractivity contribution in [3.63, 3.8) is 0 Å². The number of nitrogens with zero attached hydrogens (tertiary/aromatic N) is 2. The summed E-state index contributed by atoms with van der Waals surface area (Å²) in [5.74, 6) is 2.69. The molecule has 0 amide bonds. The van der Waals surface area contributed by atoms with E-state index in [4.69, 9.17) is 9.47 Å². The number of aromatic nitrogens is 2. The number of aryl methyl sites for hydroxylation is 1. The Morgan fingerprint density at radius 1 is 0.885 bits per heavy atom. The van der Waals surface area contributed by atoms with Crippen LogP contribution in [-0.4, -0.2) is 23.7 Å². The molecular weight excluding hydrogens is 328 g/mol. The fraction of sp³-hybridized carbons (Fsp3) is 0.200. The molecule has 26 heavy (non-hydrogen) atoms. The summed E-state index contributed by atoms with van der Waals surface area (Å²) in [6.45, 7) is 4.47. The van der Waals surface area contributed by atoms with Gasteiger partial charge in [0.2, 0.25) is 5.95 Å². The smallest absolute Gasteiger partial charge is 0.229 e. The molecule has 2 N–H and O–H groups in total. The van der Waals surface area contributed by atoms with Crippen molar-refractivity contribution in [1.29, 1.82) is 0 Å². The van der Waals surface area contributed by atoms with Crippen LogP contribution in [0.15, 0.2) is 54.6 Å². The van der Waals surface area contributed by atoms with E-state index in [2.05, 4.69) is 20.6 Å². The number of para-hydroxylation sites is 4. The van der Waals surface area contributed by atoms with Crippen molar-refractivity contribution >= 4 is 23.1 Å². The van der Waals surface area contributed by atoms with E-state index in [1.807, 2.05) is 68.4 Å². The molecule has 3 rings (SSSR count). The first-order valence-electron chi connectivity index (χ1n) is 8.44.